The van der Waals surface area contributed by atoms with Gasteiger partial charge in [0.1, 0.15) is 11.2 Å². The fourth-order valence-electron chi connectivity index (χ4n) is 4.79. The molecule has 0 aromatic carbocycles. The molecular weight excluding hydrogens is 334 g/mol. The molecule has 2 aromatic rings. The van der Waals surface area contributed by atoms with E-state index in [-0.39, 0.29) is 11.9 Å². The molecule has 0 saturated heterocycles. The standard InChI is InChI=1S/C19H25N3O2S/c1-4-24-18-15-10(2)16(25-19(15)21-9-20-18)17(23)22-11(3)14-8-12-5-6-13(14)7-12/h9,11-14H,4-8H2,1-3H3,(H,22,23). The minimum Gasteiger partial charge on any atom is -0.477 e. The van der Waals surface area contributed by atoms with Crippen molar-refractivity contribution in [1.29, 1.82) is 0 Å². The Morgan fingerprint density at radius 1 is 1.40 bits per heavy atom. The molecule has 0 spiro atoms. The van der Waals surface area contributed by atoms with Crippen molar-refractivity contribution in [3.63, 3.8) is 0 Å². The first-order valence-corrected chi connectivity index (χ1v) is 10.1. The van der Waals surface area contributed by atoms with Gasteiger partial charge >= 0.3 is 0 Å². The van der Waals surface area contributed by atoms with Gasteiger partial charge in [-0.3, -0.25) is 4.79 Å². The predicted octanol–water partition coefficient (Wildman–Crippen LogP) is 3.95. The molecule has 2 aliphatic rings. The Kier molecular flexibility index (Phi) is 4.40. The van der Waals surface area contributed by atoms with E-state index in [4.69, 9.17) is 4.74 Å². The minimum absolute atomic E-state index is 0.0122. The SMILES string of the molecule is CCOc1ncnc2sc(C(=O)NC(C)C3CC4CCC3C4)c(C)c12. The molecule has 25 heavy (non-hydrogen) atoms. The Balaban J connectivity index is 1.56. The summed E-state index contributed by atoms with van der Waals surface area (Å²) < 4.78 is 5.61. The molecular formula is C19H25N3O2S. The smallest absolute Gasteiger partial charge is 0.261 e. The van der Waals surface area contributed by atoms with Crippen LogP contribution in [0.2, 0.25) is 0 Å². The molecule has 2 aromatic heterocycles. The van der Waals surface area contributed by atoms with Gasteiger partial charge in [-0.2, -0.15) is 0 Å². The lowest BCUT2D eigenvalue weighted by Gasteiger charge is -2.28. The third kappa shape index (κ3) is 2.90. The Morgan fingerprint density at radius 2 is 2.24 bits per heavy atom. The molecule has 2 saturated carbocycles. The van der Waals surface area contributed by atoms with E-state index >= 15 is 0 Å². The summed E-state index contributed by atoms with van der Waals surface area (Å²) in [6, 6.07) is 0.227. The molecule has 6 heteroatoms. The van der Waals surface area contributed by atoms with Crippen molar-refractivity contribution in [2.75, 3.05) is 6.61 Å². The van der Waals surface area contributed by atoms with E-state index in [0.29, 0.717) is 18.4 Å². The predicted molar refractivity (Wildman–Crippen MR) is 99.2 cm³/mol. The van der Waals surface area contributed by atoms with Crippen LogP contribution in [0.4, 0.5) is 0 Å². The first-order chi connectivity index (χ1) is 12.1. The first-order valence-electron chi connectivity index (χ1n) is 9.26. The average Bonchev–Trinajstić information content (AvgIpc) is 3.30. The summed E-state index contributed by atoms with van der Waals surface area (Å²) in [5.41, 5.74) is 0.918. The van der Waals surface area contributed by atoms with Gasteiger partial charge in [-0.05, 0) is 63.4 Å². The Bertz CT molecular complexity index is 803. The van der Waals surface area contributed by atoms with Crippen molar-refractivity contribution in [1.82, 2.24) is 15.3 Å². The molecule has 5 nitrogen and oxygen atoms in total. The number of fused-ring (bicyclic) bond motifs is 3. The second-order valence-electron chi connectivity index (χ2n) is 7.45. The Hall–Kier alpha value is -1.69. The van der Waals surface area contributed by atoms with E-state index in [1.807, 2.05) is 13.8 Å². The number of nitrogens with zero attached hydrogens (tertiary/aromatic N) is 2. The normalized spacial score (nSPS) is 26.1. The number of aryl methyl sites for hydroxylation is 1. The summed E-state index contributed by atoms with van der Waals surface area (Å²) in [6.07, 6.45) is 6.86. The second kappa shape index (κ2) is 6.56. The maximum absolute atomic E-state index is 12.9. The molecule has 0 aliphatic heterocycles. The highest BCUT2D eigenvalue weighted by Gasteiger charge is 2.42. The van der Waals surface area contributed by atoms with Gasteiger partial charge < -0.3 is 10.1 Å². The highest BCUT2D eigenvalue weighted by molar-refractivity contribution is 7.20. The number of ether oxygens (including phenoxy) is 1. The summed E-state index contributed by atoms with van der Waals surface area (Å²) in [4.78, 5) is 23.0. The maximum atomic E-state index is 12.9. The van der Waals surface area contributed by atoms with Gasteiger partial charge in [0.15, 0.2) is 0 Å². The van der Waals surface area contributed by atoms with E-state index in [0.717, 1.165) is 32.5 Å². The lowest BCUT2D eigenvalue weighted by Crippen LogP contribution is -2.40. The van der Waals surface area contributed by atoms with Crippen molar-refractivity contribution in [2.24, 2.45) is 17.8 Å². The minimum atomic E-state index is 0.0122. The lowest BCUT2D eigenvalue weighted by atomic mass is 9.84. The van der Waals surface area contributed by atoms with Crippen LogP contribution in [-0.2, 0) is 0 Å². The van der Waals surface area contributed by atoms with Crippen molar-refractivity contribution in [3.8, 4) is 5.88 Å². The quantitative estimate of drug-likeness (QED) is 0.878. The van der Waals surface area contributed by atoms with Crippen LogP contribution >= 0.6 is 11.3 Å². The third-order valence-electron chi connectivity index (χ3n) is 5.97. The molecule has 1 amide bonds. The highest BCUT2D eigenvalue weighted by Crippen LogP contribution is 2.49. The fraction of sp³-hybridized carbons (Fsp3) is 0.632. The van der Waals surface area contributed by atoms with Crippen LogP contribution in [0.5, 0.6) is 5.88 Å². The third-order valence-corrected chi connectivity index (χ3v) is 7.17. The molecule has 4 atom stereocenters. The first kappa shape index (κ1) is 16.8. The zero-order valence-electron chi connectivity index (χ0n) is 15.0. The van der Waals surface area contributed by atoms with Gasteiger partial charge in [0, 0.05) is 6.04 Å². The van der Waals surface area contributed by atoms with Crippen molar-refractivity contribution >= 4 is 27.5 Å². The summed E-state index contributed by atoms with van der Waals surface area (Å²) in [7, 11) is 0. The van der Waals surface area contributed by atoms with Crippen LogP contribution in [0, 0.1) is 24.7 Å². The van der Waals surface area contributed by atoms with E-state index in [2.05, 4.69) is 22.2 Å². The molecule has 4 unspecified atom stereocenters. The molecule has 2 bridgehead atoms. The number of aromatic nitrogens is 2. The lowest BCUT2D eigenvalue weighted by molar-refractivity contribution is 0.0919. The Labute approximate surface area is 152 Å². The van der Waals surface area contributed by atoms with E-state index in [9.17, 15) is 4.79 Å². The molecule has 134 valence electrons. The van der Waals surface area contributed by atoms with Crippen LogP contribution in [-0.4, -0.2) is 28.5 Å². The van der Waals surface area contributed by atoms with Crippen LogP contribution in [0.15, 0.2) is 6.33 Å². The zero-order valence-corrected chi connectivity index (χ0v) is 15.9. The van der Waals surface area contributed by atoms with Crippen molar-refractivity contribution < 1.29 is 9.53 Å². The average molecular weight is 359 g/mol. The maximum Gasteiger partial charge on any atom is 0.261 e. The van der Waals surface area contributed by atoms with Gasteiger partial charge in [0.2, 0.25) is 5.88 Å². The fourth-order valence-corrected chi connectivity index (χ4v) is 5.83. The monoisotopic (exact) mass is 359 g/mol. The van der Waals surface area contributed by atoms with Gasteiger partial charge in [-0.1, -0.05) is 6.42 Å². The highest BCUT2D eigenvalue weighted by atomic mass is 32.1. The largest absolute Gasteiger partial charge is 0.477 e. The van der Waals surface area contributed by atoms with Crippen LogP contribution in [0.3, 0.4) is 0 Å². The van der Waals surface area contributed by atoms with Gasteiger partial charge in [0.25, 0.3) is 5.91 Å². The second-order valence-corrected chi connectivity index (χ2v) is 8.45. The number of carbonyl (C=O) groups is 1. The molecule has 2 heterocycles. The summed E-state index contributed by atoms with van der Waals surface area (Å²) >= 11 is 1.43. The summed E-state index contributed by atoms with van der Waals surface area (Å²) in [5, 5.41) is 4.13. The van der Waals surface area contributed by atoms with Crippen LogP contribution in [0.1, 0.15) is 54.8 Å². The molecule has 0 radical (unpaired) electrons. The number of hydrogen-bond acceptors (Lipinski definition) is 5. The Morgan fingerprint density at radius 3 is 2.92 bits per heavy atom. The number of carbonyl (C=O) groups excluding carboxylic acids is 1. The number of hydrogen-bond donors (Lipinski definition) is 1. The molecule has 4 rings (SSSR count). The van der Waals surface area contributed by atoms with Crippen molar-refractivity contribution in [2.45, 2.75) is 52.5 Å². The van der Waals surface area contributed by atoms with Crippen LogP contribution in [0.25, 0.3) is 10.2 Å². The zero-order chi connectivity index (χ0) is 17.6. The summed E-state index contributed by atoms with van der Waals surface area (Å²) in [6.45, 7) is 6.60. The molecule has 2 aliphatic carbocycles. The van der Waals surface area contributed by atoms with E-state index in [1.54, 1.807) is 0 Å². The molecule has 2 fully saturated rings. The number of nitrogens with one attached hydrogen (secondary N) is 1. The summed E-state index contributed by atoms with van der Waals surface area (Å²) in [5.74, 6) is 2.92. The molecule has 1 N–H and O–H groups in total. The van der Waals surface area contributed by atoms with Crippen LogP contribution < -0.4 is 10.1 Å². The van der Waals surface area contributed by atoms with Gasteiger partial charge in [-0.15, -0.1) is 11.3 Å². The van der Waals surface area contributed by atoms with E-state index < -0.39 is 0 Å². The number of thiophene rings is 1. The van der Waals surface area contributed by atoms with E-state index in [1.165, 1.54) is 43.3 Å². The van der Waals surface area contributed by atoms with Gasteiger partial charge in [-0.25, -0.2) is 9.97 Å². The van der Waals surface area contributed by atoms with Gasteiger partial charge in [0.05, 0.1) is 16.9 Å². The topological polar surface area (TPSA) is 64.1 Å². The number of rotatable bonds is 5. The van der Waals surface area contributed by atoms with Crippen molar-refractivity contribution in [3.05, 3.63) is 16.8 Å². The number of amides is 1.